The van der Waals surface area contributed by atoms with Gasteiger partial charge in [-0.05, 0) is 42.2 Å². The number of carbonyl (C=O) groups excluding carboxylic acids is 1. The van der Waals surface area contributed by atoms with Gasteiger partial charge in [-0.1, -0.05) is 30.3 Å². The molecule has 0 aliphatic carbocycles. The van der Waals surface area contributed by atoms with E-state index >= 15 is 0 Å². The molecule has 0 unspecified atom stereocenters. The Hall–Kier alpha value is -3.08. The number of amides is 1. The lowest BCUT2D eigenvalue weighted by Crippen LogP contribution is -2.49. The highest BCUT2D eigenvalue weighted by Gasteiger charge is 2.42. The number of nitrogens with zero attached hydrogens (tertiary/aromatic N) is 3. The third kappa shape index (κ3) is 5.19. The first kappa shape index (κ1) is 25.5. The summed E-state index contributed by atoms with van der Waals surface area (Å²) in [6, 6.07) is 13.5. The number of hydrogen-bond acceptors (Lipinski definition) is 7. The van der Waals surface area contributed by atoms with E-state index in [2.05, 4.69) is 10.3 Å². The van der Waals surface area contributed by atoms with Gasteiger partial charge >= 0.3 is 0 Å². The normalized spacial score (nSPS) is 13.7. The molecule has 1 amide bonds. The molecule has 0 saturated carbocycles. The molecule has 0 radical (unpaired) electrons. The van der Waals surface area contributed by atoms with Gasteiger partial charge in [0.1, 0.15) is 4.75 Å². The van der Waals surface area contributed by atoms with E-state index in [4.69, 9.17) is 4.84 Å². The van der Waals surface area contributed by atoms with Crippen molar-refractivity contribution in [2.45, 2.75) is 31.2 Å². The second kappa shape index (κ2) is 10.0. The molecule has 0 aliphatic heterocycles. The lowest BCUT2D eigenvalue weighted by atomic mass is 10.0. The van der Waals surface area contributed by atoms with Crippen LogP contribution in [0.5, 0.6) is 0 Å². The molecule has 10 heteroatoms. The van der Waals surface area contributed by atoms with E-state index in [0.29, 0.717) is 17.4 Å². The van der Waals surface area contributed by atoms with Gasteiger partial charge in [-0.3, -0.25) is 14.2 Å². The first-order valence-corrected chi connectivity index (χ1v) is 12.6. The SMILES string of the molecule is CNC(=O)[C@](C)(CCn1cnc2cc(-c3ccc(CN(C)OC)cc3)ccc2c1=O)S(C)(=O)=O. The monoisotopic (exact) mass is 486 g/mol. The van der Waals surface area contributed by atoms with Crippen LogP contribution in [0.4, 0.5) is 0 Å². The summed E-state index contributed by atoms with van der Waals surface area (Å²) in [6.07, 6.45) is 2.36. The molecule has 1 heterocycles. The van der Waals surface area contributed by atoms with Crippen LogP contribution >= 0.6 is 0 Å². The molecule has 0 bridgehead atoms. The molecule has 1 aromatic heterocycles. The molecule has 0 spiro atoms. The Balaban J connectivity index is 1.86. The maximum absolute atomic E-state index is 13.0. The summed E-state index contributed by atoms with van der Waals surface area (Å²) in [5.74, 6) is -0.610. The predicted molar refractivity (Wildman–Crippen MR) is 132 cm³/mol. The highest BCUT2D eigenvalue weighted by Crippen LogP contribution is 2.24. The zero-order valence-corrected chi connectivity index (χ0v) is 20.8. The number of carbonyl (C=O) groups is 1. The smallest absolute Gasteiger partial charge is 0.261 e. The summed E-state index contributed by atoms with van der Waals surface area (Å²) in [6.45, 7) is 2.07. The van der Waals surface area contributed by atoms with Crippen LogP contribution < -0.4 is 10.9 Å². The van der Waals surface area contributed by atoms with Crippen molar-refractivity contribution in [1.82, 2.24) is 19.9 Å². The Kier molecular flexibility index (Phi) is 7.54. The van der Waals surface area contributed by atoms with Crippen molar-refractivity contribution >= 4 is 26.6 Å². The van der Waals surface area contributed by atoms with Crippen molar-refractivity contribution in [3.05, 3.63) is 64.7 Å². The molecule has 9 nitrogen and oxygen atoms in total. The number of benzene rings is 2. The molecule has 0 aliphatic rings. The Morgan fingerprint density at radius 2 is 1.82 bits per heavy atom. The molecule has 1 atom stereocenters. The minimum atomic E-state index is -3.71. The highest BCUT2D eigenvalue weighted by atomic mass is 32.2. The van der Waals surface area contributed by atoms with Gasteiger partial charge in [-0.25, -0.2) is 13.4 Å². The largest absolute Gasteiger partial charge is 0.358 e. The number of nitrogens with one attached hydrogen (secondary N) is 1. The number of fused-ring (bicyclic) bond motifs is 1. The van der Waals surface area contributed by atoms with Gasteiger partial charge in [0, 0.05) is 33.4 Å². The number of hydroxylamine groups is 2. The Morgan fingerprint density at radius 1 is 1.18 bits per heavy atom. The van der Waals surface area contributed by atoms with Gasteiger partial charge in [0.15, 0.2) is 9.84 Å². The standard InChI is InChI=1S/C24H30N4O5S/c1-24(23(30)25-2,34(5,31)32)12-13-28-16-26-21-14-19(10-11-20(21)22(28)29)18-8-6-17(7-9-18)15-27(3)33-4/h6-11,14,16H,12-13,15H2,1-5H3,(H,25,30)/t24-/m0/s1. The van der Waals surface area contributed by atoms with Crippen LogP contribution in [0.15, 0.2) is 53.6 Å². The first-order chi connectivity index (χ1) is 16.0. The second-order valence-corrected chi connectivity index (χ2v) is 10.9. The van der Waals surface area contributed by atoms with Crippen molar-refractivity contribution in [3.8, 4) is 11.1 Å². The average molecular weight is 487 g/mol. The number of aromatic nitrogens is 2. The van der Waals surface area contributed by atoms with E-state index in [9.17, 15) is 18.0 Å². The summed E-state index contributed by atoms with van der Waals surface area (Å²) >= 11 is 0. The van der Waals surface area contributed by atoms with Gasteiger partial charge < -0.3 is 10.2 Å². The quantitative estimate of drug-likeness (QED) is 0.461. The van der Waals surface area contributed by atoms with Crippen LogP contribution in [0.3, 0.4) is 0 Å². The van der Waals surface area contributed by atoms with E-state index in [1.807, 2.05) is 43.4 Å². The first-order valence-electron chi connectivity index (χ1n) is 10.8. The van der Waals surface area contributed by atoms with Crippen LogP contribution in [0.1, 0.15) is 18.9 Å². The van der Waals surface area contributed by atoms with Crippen molar-refractivity contribution in [1.29, 1.82) is 0 Å². The minimum Gasteiger partial charge on any atom is -0.358 e. The second-order valence-electron chi connectivity index (χ2n) is 8.47. The fourth-order valence-electron chi connectivity index (χ4n) is 3.69. The zero-order chi connectivity index (χ0) is 25.1. The Bertz CT molecular complexity index is 1350. The highest BCUT2D eigenvalue weighted by molar-refractivity contribution is 7.92. The molecule has 2 aromatic carbocycles. The van der Waals surface area contributed by atoms with Crippen LogP contribution in [0.25, 0.3) is 22.0 Å². The Morgan fingerprint density at radius 3 is 2.41 bits per heavy atom. The lowest BCUT2D eigenvalue weighted by molar-refractivity contribution is -0.123. The van der Waals surface area contributed by atoms with Crippen molar-refractivity contribution in [2.24, 2.45) is 0 Å². The van der Waals surface area contributed by atoms with E-state index in [-0.39, 0.29) is 18.5 Å². The molecule has 0 fully saturated rings. The van der Waals surface area contributed by atoms with Crippen LogP contribution in [-0.2, 0) is 32.6 Å². The number of rotatable bonds is 9. The molecular weight excluding hydrogens is 456 g/mol. The molecule has 34 heavy (non-hydrogen) atoms. The van der Waals surface area contributed by atoms with E-state index in [1.54, 1.807) is 18.2 Å². The van der Waals surface area contributed by atoms with Crippen LogP contribution in [0, 0.1) is 0 Å². The fraction of sp³-hybridized carbons (Fsp3) is 0.375. The topological polar surface area (TPSA) is 111 Å². The lowest BCUT2D eigenvalue weighted by Gasteiger charge is -2.25. The molecule has 3 aromatic rings. The van der Waals surface area contributed by atoms with E-state index < -0.39 is 20.5 Å². The molecular formula is C24H30N4O5S. The van der Waals surface area contributed by atoms with E-state index in [1.165, 1.54) is 24.9 Å². The fourth-order valence-corrected chi connectivity index (χ4v) is 4.59. The van der Waals surface area contributed by atoms with Gasteiger partial charge in [-0.15, -0.1) is 0 Å². The molecule has 0 saturated heterocycles. The number of aryl methyl sites for hydroxylation is 1. The Labute approximate surface area is 199 Å². The van der Waals surface area contributed by atoms with E-state index in [0.717, 1.165) is 22.9 Å². The summed E-state index contributed by atoms with van der Waals surface area (Å²) < 4.78 is 24.2. The summed E-state index contributed by atoms with van der Waals surface area (Å²) in [7, 11) is 1.16. The van der Waals surface area contributed by atoms with Gasteiger partial charge in [-0.2, -0.15) is 5.06 Å². The maximum Gasteiger partial charge on any atom is 0.261 e. The zero-order valence-electron chi connectivity index (χ0n) is 20.0. The van der Waals surface area contributed by atoms with Crippen molar-refractivity contribution in [2.75, 3.05) is 27.5 Å². The molecule has 3 rings (SSSR count). The summed E-state index contributed by atoms with van der Waals surface area (Å²) in [4.78, 5) is 34.8. The number of hydrogen-bond donors (Lipinski definition) is 1. The summed E-state index contributed by atoms with van der Waals surface area (Å²) in [5.41, 5.74) is 3.27. The molecule has 1 N–H and O–H groups in total. The van der Waals surface area contributed by atoms with Crippen LogP contribution in [0.2, 0.25) is 0 Å². The predicted octanol–water partition coefficient (Wildman–Crippen LogP) is 2.00. The van der Waals surface area contributed by atoms with Gasteiger partial charge in [0.25, 0.3) is 5.56 Å². The molecule has 182 valence electrons. The van der Waals surface area contributed by atoms with Crippen molar-refractivity contribution in [3.63, 3.8) is 0 Å². The minimum absolute atomic E-state index is 0.0396. The van der Waals surface area contributed by atoms with Crippen LogP contribution in [-0.4, -0.2) is 61.1 Å². The number of sulfone groups is 1. The third-order valence-electron chi connectivity index (χ3n) is 6.18. The van der Waals surface area contributed by atoms with Crippen molar-refractivity contribution < 1.29 is 18.0 Å². The average Bonchev–Trinajstić information content (AvgIpc) is 2.82. The maximum atomic E-state index is 13.0. The third-order valence-corrected chi connectivity index (χ3v) is 8.21. The van der Waals surface area contributed by atoms with Gasteiger partial charge in [0.2, 0.25) is 5.91 Å². The summed E-state index contributed by atoms with van der Waals surface area (Å²) in [5, 5.41) is 4.55. The van der Waals surface area contributed by atoms with Gasteiger partial charge in [0.05, 0.1) is 24.3 Å².